The van der Waals surface area contributed by atoms with E-state index in [2.05, 4.69) is 10.5 Å². The van der Waals surface area contributed by atoms with Crippen LogP contribution < -0.4 is 5.32 Å². The summed E-state index contributed by atoms with van der Waals surface area (Å²) in [6.45, 7) is 17.4. The lowest BCUT2D eigenvalue weighted by atomic mass is 9.89. The van der Waals surface area contributed by atoms with Crippen LogP contribution in [0, 0.1) is 26.7 Å². The summed E-state index contributed by atoms with van der Waals surface area (Å²) < 4.78 is 22.2. The Balaban J connectivity index is 2.08. The van der Waals surface area contributed by atoms with Gasteiger partial charge in [-0.3, -0.25) is 9.59 Å². The van der Waals surface area contributed by atoms with E-state index in [0.717, 1.165) is 16.0 Å². The standard InChI is InChI=1S/C28H40N2O7S/c1-15-17(3)38-25(23(32)18-10-12-34-13-11-18)21(15)22-16(2)30-37-24(22)19(14-20(31)35-27(4,5)6)29-26(33)36-28(7,8)9/h18-19H,10-14H2,1-9H3,(H,29,33)/t19-/m0/s1. The van der Waals surface area contributed by atoms with Crippen LogP contribution >= 0.6 is 11.3 Å². The number of esters is 1. The normalized spacial score (nSPS) is 15.7. The SMILES string of the molecule is Cc1noc([C@H](CC(=O)OC(C)(C)C)NC(=O)OC(C)(C)C)c1-c1c(C(=O)C2CCOCC2)sc(C)c1C. The Hall–Kier alpha value is -2.72. The Bertz CT molecular complexity index is 1150. The Labute approximate surface area is 228 Å². The number of ketones is 1. The van der Waals surface area contributed by atoms with Gasteiger partial charge in [-0.25, -0.2) is 4.79 Å². The topological polar surface area (TPSA) is 117 Å². The van der Waals surface area contributed by atoms with E-state index < -0.39 is 29.3 Å². The number of ether oxygens (including phenoxy) is 3. The van der Waals surface area contributed by atoms with Crippen LogP contribution in [0.1, 0.15) is 98.4 Å². The summed E-state index contributed by atoms with van der Waals surface area (Å²) in [4.78, 5) is 41.0. The summed E-state index contributed by atoms with van der Waals surface area (Å²) in [5.74, 6) is -0.294. The molecule has 1 amide bonds. The van der Waals surface area contributed by atoms with Gasteiger partial charge in [-0.1, -0.05) is 5.16 Å². The minimum Gasteiger partial charge on any atom is -0.460 e. The Morgan fingerprint density at radius 2 is 1.61 bits per heavy atom. The molecule has 0 aliphatic carbocycles. The fourth-order valence-corrected chi connectivity index (χ4v) is 5.57. The first-order valence-corrected chi connectivity index (χ1v) is 13.8. The molecule has 1 aliphatic rings. The first-order valence-electron chi connectivity index (χ1n) is 13.0. The van der Waals surface area contributed by atoms with Crippen LogP contribution in [-0.4, -0.2) is 47.4 Å². The highest BCUT2D eigenvalue weighted by molar-refractivity contribution is 7.14. The van der Waals surface area contributed by atoms with Crippen molar-refractivity contribution in [2.45, 2.75) is 98.8 Å². The highest BCUT2D eigenvalue weighted by Crippen LogP contribution is 2.43. The number of nitrogens with one attached hydrogen (secondary N) is 1. The number of rotatable bonds is 7. The highest BCUT2D eigenvalue weighted by Gasteiger charge is 2.35. The van der Waals surface area contributed by atoms with Crippen LogP contribution in [-0.2, 0) is 19.0 Å². The monoisotopic (exact) mass is 548 g/mol. The molecule has 2 aromatic rings. The van der Waals surface area contributed by atoms with Crippen LogP contribution in [0.2, 0.25) is 0 Å². The lowest BCUT2D eigenvalue weighted by Crippen LogP contribution is -2.36. The van der Waals surface area contributed by atoms with Gasteiger partial charge in [0.1, 0.15) is 17.2 Å². The van der Waals surface area contributed by atoms with E-state index in [0.29, 0.717) is 42.2 Å². The van der Waals surface area contributed by atoms with Crippen molar-refractivity contribution in [1.82, 2.24) is 10.5 Å². The first kappa shape index (κ1) is 29.8. The number of hydrogen-bond donors (Lipinski definition) is 1. The molecule has 0 radical (unpaired) electrons. The van der Waals surface area contributed by atoms with Crippen LogP contribution in [0.4, 0.5) is 4.79 Å². The number of nitrogens with zero attached hydrogens (tertiary/aromatic N) is 1. The van der Waals surface area contributed by atoms with E-state index in [-0.39, 0.29) is 23.9 Å². The van der Waals surface area contributed by atoms with Gasteiger partial charge in [0.05, 0.1) is 22.6 Å². The fraction of sp³-hybridized carbons (Fsp3) is 0.643. The van der Waals surface area contributed by atoms with E-state index in [4.69, 9.17) is 18.7 Å². The number of amides is 1. The molecule has 0 saturated carbocycles. The molecule has 2 aromatic heterocycles. The smallest absolute Gasteiger partial charge is 0.408 e. The molecule has 0 aromatic carbocycles. The molecule has 1 fully saturated rings. The summed E-state index contributed by atoms with van der Waals surface area (Å²) in [5.41, 5.74) is 1.38. The van der Waals surface area contributed by atoms with Crippen molar-refractivity contribution in [3.05, 3.63) is 26.8 Å². The van der Waals surface area contributed by atoms with Crippen molar-refractivity contribution < 1.29 is 33.1 Å². The number of hydrogen-bond acceptors (Lipinski definition) is 9. The fourth-order valence-electron chi connectivity index (χ4n) is 4.38. The Morgan fingerprint density at radius 1 is 1.00 bits per heavy atom. The lowest BCUT2D eigenvalue weighted by Gasteiger charge is -2.25. The van der Waals surface area contributed by atoms with E-state index in [1.807, 2.05) is 13.8 Å². The zero-order valence-electron chi connectivity index (χ0n) is 23.9. The summed E-state index contributed by atoms with van der Waals surface area (Å²) in [5, 5.41) is 6.97. The zero-order chi connectivity index (χ0) is 28.4. The van der Waals surface area contributed by atoms with E-state index in [1.54, 1.807) is 48.5 Å². The number of aryl methyl sites for hydroxylation is 2. The second-order valence-electron chi connectivity index (χ2n) is 11.7. The maximum absolute atomic E-state index is 13.7. The summed E-state index contributed by atoms with van der Waals surface area (Å²) in [6.07, 6.45) is 0.433. The largest absolute Gasteiger partial charge is 0.460 e. The van der Waals surface area contributed by atoms with Gasteiger partial charge in [0.2, 0.25) is 0 Å². The van der Waals surface area contributed by atoms with Crippen molar-refractivity contribution in [3.63, 3.8) is 0 Å². The molecule has 38 heavy (non-hydrogen) atoms. The molecule has 3 heterocycles. The average Bonchev–Trinajstić information content (AvgIpc) is 3.29. The minimum atomic E-state index is -0.929. The molecule has 0 bridgehead atoms. The molecule has 3 rings (SSSR count). The molecular formula is C28H40N2O7S. The summed E-state index contributed by atoms with van der Waals surface area (Å²) in [6, 6.07) is -0.929. The van der Waals surface area contributed by atoms with Crippen molar-refractivity contribution in [3.8, 4) is 11.1 Å². The molecule has 1 saturated heterocycles. The average molecular weight is 549 g/mol. The van der Waals surface area contributed by atoms with Crippen LogP contribution in [0.5, 0.6) is 0 Å². The van der Waals surface area contributed by atoms with Crippen molar-refractivity contribution in [2.75, 3.05) is 13.2 Å². The number of carbonyl (C=O) groups excluding carboxylic acids is 3. The van der Waals surface area contributed by atoms with Gasteiger partial charge in [0.25, 0.3) is 0 Å². The number of Topliss-reactive ketones (excluding diaryl/α,β-unsaturated/α-hetero) is 1. The molecule has 10 heteroatoms. The number of aromatic nitrogens is 1. The summed E-state index contributed by atoms with van der Waals surface area (Å²) >= 11 is 1.45. The highest BCUT2D eigenvalue weighted by atomic mass is 32.1. The molecule has 1 aliphatic heterocycles. The van der Waals surface area contributed by atoms with Crippen molar-refractivity contribution in [2.24, 2.45) is 5.92 Å². The molecule has 1 N–H and O–H groups in total. The molecule has 0 spiro atoms. The van der Waals surface area contributed by atoms with Crippen molar-refractivity contribution in [1.29, 1.82) is 0 Å². The number of thiophene rings is 1. The second kappa shape index (κ2) is 11.6. The first-order chi connectivity index (χ1) is 17.6. The Morgan fingerprint density at radius 3 is 2.18 bits per heavy atom. The lowest BCUT2D eigenvalue weighted by molar-refractivity contribution is -0.155. The van der Waals surface area contributed by atoms with Gasteiger partial charge in [-0.2, -0.15) is 0 Å². The van der Waals surface area contributed by atoms with Crippen molar-refractivity contribution >= 4 is 29.2 Å². The quantitative estimate of drug-likeness (QED) is 0.319. The van der Waals surface area contributed by atoms with Gasteiger partial charge in [-0.15, -0.1) is 11.3 Å². The Kier molecular flexibility index (Phi) is 9.08. The molecule has 0 unspecified atom stereocenters. The van der Waals surface area contributed by atoms with Gasteiger partial charge in [0, 0.05) is 29.6 Å². The van der Waals surface area contributed by atoms with Gasteiger partial charge < -0.3 is 24.1 Å². The maximum atomic E-state index is 13.7. The van der Waals surface area contributed by atoms with E-state index in [1.165, 1.54) is 11.3 Å². The van der Waals surface area contributed by atoms with Crippen LogP contribution in [0.15, 0.2) is 4.52 Å². The third kappa shape index (κ3) is 7.44. The van der Waals surface area contributed by atoms with Crippen LogP contribution in [0.25, 0.3) is 11.1 Å². The summed E-state index contributed by atoms with van der Waals surface area (Å²) in [7, 11) is 0. The maximum Gasteiger partial charge on any atom is 0.408 e. The van der Waals surface area contributed by atoms with Gasteiger partial charge >= 0.3 is 12.1 Å². The van der Waals surface area contributed by atoms with E-state index >= 15 is 0 Å². The second-order valence-corrected chi connectivity index (χ2v) is 13.0. The molecule has 1 atom stereocenters. The predicted molar refractivity (Wildman–Crippen MR) is 144 cm³/mol. The van der Waals surface area contributed by atoms with Gasteiger partial charge in [-0.05, 0) is 80.7 Å². The minimum absolute atomic E-state index is 0.0693. The predicted octanol–water partition coefficient (Wildman–Crippen LogP) is 6.24. The molecular weight excluding hydrogens is 508 g/mol. The van der Waals surface area contributed by atoms with Crippen LogP contribution in [0.3, 0.4) is 0 Å². The van der Waals surface area contributed by atoms with E-state index in [9.17, 15) is 14.4 Å². The number of alkyl carbamates (subject to hydrolysis) is 1. The van der Waals surface area contributed by atoms with Gasteiger partial charge in [0.15, 0.2) is 11.5 Å². The number of carbonyl (C=O) groups is 3. The zero-order valence-corrected chi connectivity index (χ0v) is 24.7. The molecule has 9 nitrogen and oxygen atoms in total. The molecule has 210 valence electrons. The third-order valence-electron chi connectivity index (χ3n) is 6.14. The third-order valence-corrected chi connectivity index (χ3v) is 7.36.